The Hall–Kier alpha value is -2.47. The van der Waals surface area contributed by atoms with Crippen molar-refractivity contribution < 1.29 is 13.5 Å². The van der Waals surface area contributed by atoms with Crippen LogP contribution in [0.15, 0.2) is 59.8 Å². The Morgan fingerprint density at radius 1 is 0.962 bits per heavy atom. The van der Waals surface area contributed by atoms with E-state index >= 15 is 0 Å². The fourth-order valence-electron chi connectivity index (χ4n) is 2.26. The van der Waals surface area contributed by atoms with E-state index in [4.69, 9.17) is 4.74 Å². The van der Waals surface area contributed by atoms with Crippen LogP contribution in [-0.4, -0.2) is 9.97 Å². The van der Waals surface area contributed by atoms with E-state index < -0.39 is 0 Å². The molecule has 0 N–H and O–H groups in total. The predicted octanol–water partition coefficient (Wildman–Crippen LogP) is 5.96. The molecule has 6 heteroatoms. The van der Waals surface area contributed by atoms with Gasteiger partial charge in [-0.25, -0.2) is 13.8 Å². The first-order valence-electron chi connectivity index (χ1n) is 8.19. The molecule has 0 spiro atoms. The van der Waals surface area contributed by atoms with Gasteiger partial charge in [0.2, 0.25) is 5.88 Å². The smallest absolute Gasteiger partial charge is 0.223 e. The average molecular weight is 372 g/mol. The number of nitrogens with zero attached hydrogens (tertiary/aromatic N) is 2. The minimum absolute atomic E-state index is 0.182. The van der Waals surface area contributed by atoms with Crippen molar-refractivity contribution in [2.45, 2.75) is 30.7 Å². The molecule has 0 bridgehead atoms. The molecule has 3 rings (SSSR count). The van der Waals surface area contributed by atoms with Gasteiger partial charge in [-0.2, -0.15) is 4.98 Å². The van der Waals surface area contributed by atoms with Gasteiger partial charge in [-0.15, -0.1) is 0 Å². The molecule has 0 atom stereocenters. The van der Waals surface area contributed by atoms with Gasteiger partial charge < -0.3 is 4.74 Å². The number of halogens is 2. The first-order chi connectivity index (χ1) is 12.5. The Labute approximate surface area is 155 Å². The van der Waals surface area contributed by atoms with Gasteiger partial charge in [0, 0.05) is 17.9 Å². The Morgan fingerprint density at radius 2 is 1.69 bits per heavy atom. The lowest BCUT2D eigenvalue weighted by atomic mass is 10.1. The maximum absolute atomic E-state index is 13.4. The zero-order chi connectivity index (χ0) is 18.5. The van der Waals surface area contributed by atoms with Gasteiger partial charge in [0.15, 0.2) is 5.16 Å². The fraction of sp³-hybridized carbons (Fsp3) is 0.200. The standard InChI is InChI=1S/C20H18F2N2OS/c1-13(2)18-11-19(25-17-8-4-7-16(22)10-17)24-20(23-18)26-12-14-5-3-6-15(21)9-14/h3-11,13H,12H2,1-2H3. The molecule has 1 aromatic heterocycles. The molecule has 26 heavy (non-hydrogen) atoms. The monoisotopic (exact) mass is 372 g/mol. The highest BCUT2D eigenvalue weighted by atomic mass is 32.2. The van der Waals surface area contributed by atoms with Crippen molar-refractivity contribution in [1.82, 2.24) is 9.97 Å². The largest absolute Gasteiger partial charge is 0.439 e. The summed E-state index contributed by atoms with van der Waals surface area (Å²) < 4.78 is 32.4. The number of thioether (sulfide) groups is 1. The van der Waals surface area contributed by atoms with E-state index in [9.17, 15) is 8.78 Å². The minimum Gasteiger partial charge on any atom is -0.439 e. The molecule has 0 saturated carbocycles. The van der Waals surface area contributed by atoms with Gasteiger partial charge in [-0.05, 0) is 35.7 Å². The molecular formula is C20H18F2N2OS. The van der Waals surface area contributed by atoms with E-state index in [2.05, 4.69) is 9.97 Å². The summed E-state index contributed by atoms with van der Waals surface area (Å²) in [7, 11) is 0. The van der Waals surface area contributed by atoms with E-state index in [-0.39, 0.29) is 17.6 Å². The SMILES string of the molecule is CC(C)c1cc(Oc2cccc(F)c2)nc(SCc2cccc(F)c2)n1. The van der Waals surface area contributed by atoms with Crippen LogP contribution in [-0.2, 0) is 5.75 Å². The summed E-state index contributed by atoms with van der Waals surface area (Å²) in [5.41, 5.74) is 1.68. The van der Waals surface area contributed by atoms with E-state index in [1.54, 1.807) is 24.3 Å². The molecule has 2 aromatic carbocycles. The van der Waals surface area contributed by atoms with Crippen LogP contribution in [0.25, 0.3) is 0 Å². The summed E-state index contributed by atoms with van der Waals surface area (Å²) in [5, 5.41) is 0.534. The number of rotatable bonds is 6. The van der Waals surface area contributed by atoms with Crippen molar-refractivity contribution in [3.63, 3.8) is 0 Å². The summed E-state index contributed by atoms with van der Waals surface area (Å²) in [6, 6.07) is 14.1. The van der Waals surface area contributed by atoms with Crippen molar-refractivity contribution in [3.05, 3.63) is 77.5 Å². The summed E-state index contributed by atoms with van der Waals surface area (Å²) in [5.74, 6) is 0.812. The van der Waals surface area contributed by atoms with Crippen LogP contribution in [0.4, 0.5) is 8.78 Å². The quantitative estimate of drug-likeness (QED) is 0.395. The van der Waals surface area contributed by atoms with E-state index in [0.29, 0.717) is 22.5 Å². The normalized spacial score (nSPS) is 11.0. The Morgan fingerprint density at radius 3 is 2.38 bits per heavy atom. The van der Waals surface area contributed by atoms with Crippen LogP contribution in [0.1, 0.15) is 31.0 Å². The van der Waals surface area contributed by atoms with Gasteiger partial charge >= 0.3 is 0 Å². The first-order valence-corrected chi connectivity index (χ1v) is 9.18. The Balaban J connectivity index is 1.81. The minimum atomic E-state index is -0.374. The number of aromatic nitrogens is 2. The zero-order valence-electron chi connectivity index (χ0n) is 14.4. The second kappa shape index (κ2) is 8.27. The molecule has 0 saturated heterocycles. The summed E-state index contributed by atoms with van der Waals surface area (Å²) >= 11 is 1.40. The lowest BCUT2D eigenvalue weighted by Crippen LogP contribution is -2.00. The summed E-state index contributed by atoms with van der Waals surface area (Å²) in [4.78, 5) is 8.93. The van der Waals surface area contributed by atoms with Crippen LogP contribution in [0.5, 0.6) is 11.6 Å². The highest BCUT2D eigenvalue weighted by Crippen LogP contribution is 2.27. The topological polar surface area (TPSA) is 35.0 Å². The molecule has 0 amide bonds. The van der Waals surface area contributed by atoms with Crippen molar-refractivity contribution in [1.29, 1.82) is 0 Å². The third-order valence-electron chi connectivity index (χ3n) is 3.57. The zero-order valence-corrected chi connectivity index (χ0v) is 15.3. The van der Waals surface area contributed by atoms with Gasteiger partial charge in [-0.1, -0.05) is 43.8 Å². The summed E-state index contributed by atoms with van der Waals surface area (Å²) in [6.45, 7) is 4.05. The van der Waals surface area contributed by atoms with Crippen LogP contribution >= 0.6 is 11.8 Å². The van der Waals surface area contributed by atoms with E-state index in [0.717, 1.165) is 11.3 Å². The van der Waals surface area contributed by atoms with Gasteiger partial charge in [-0.3, -0.25) is 0 Å². The Bertz CT molecular complexity index is 902. The maximum atomic E-state index is 13.4. The molecule has 3 nitrogen and oxygen atoms in total. The van der Waals surface area contributed by atoms with Gasteiger partial charge in [0.25, 0.3) is 0 Å². The highest BCUT2D eigenvalue weighted by Gasteiger charge is 2.11. The second-order valence-corrected chi connectivity index (χ2v) is 6.99. The number of hydrogen-bond donors (Lipinski definition) is 0. The number of hydrogen-bond acceptors (Lipinski definition) is 4. The molecule has 3 aromatic rings. The van der Waals surface area contributed by atoms with Crippen LogP contribution in [0, 0.1) is 11.6 Å². The van der Waals surface area contributed by atoms with Crippen molar-refractivity contribution in [2.75, 3.05) is 0 Å². The molecule has 0 aliphatic carbocycles. The molecule has 0 unspecified atom stereocenters. The van der Waals surface area contributed by atoms with Gasteiger partial charge in [0.05, 0.1) is 5.69 Å². The first kappa shape index (κ1) is 18.3. The number of benzene rings is 2. The molecule has 0 fully saturated rings. The molecule has 1 heterocycles. The van der Waals surface area contributed by atoms with Crippen LogP contribution in [0.2, 0.25) is 0 Å². The van der Waals surface area contributed by atoms with E-state index in [1.807, 2.05) is 19.9 Å². The lowest BCUT2D eigenvalue weighted by molar-refractivity contribution is 0.448. The van der Waals surface area contributed by atoms with Crippen molar-refractivity contribution in [2.24, 2.45) is 0 Å². The molecule has 0 aliphatic rings. The summed E-state index contributed by atoms with van der Waals surface area (Å²) in [6.07, 6.45) is 0. The van der Waals surface area contributed by atoms with Crippen molar-refractivity contribution >= 4 is 11.8 Å². The van der Waals surface area contributed by atoms with Crippen LogP contribution < -0.4 is 4.74 Å². The third-order valence-corrected chi connectivity index (χ3v) is 4.49. The van der Waals surface area contributed by atoms with Crippen LogP contribution in [0.3, 0.4) is 0 Å². The van der Waals surface area contributed by atoms with Crippen molar-refractivity contribution in [3.8, 4) is 11.6 Å². The molecule has 0 radical (unpaired) electrons. The second-order valence-electron chi connectivity index (χ2n) is 6.05. The fourth-order valence-corrected chi connectivity index (χ4v) is 3.06. The lowest BCUT2D eigenvalue weighted by Gasteiger charge is -2.11. The van der Waals surface area contributed by atoms with E-state index in [1.165, 1.54) is 36.0 Å². The Kier molecular flexibility index (Phi) is 5.83. The average Bonchev–Trinajstić information content (AvgIpc) is 2.60. The molecule has 134 valence electrons. The third kappa shape index (κ3) is 5.02. The highest BCUT2D eigenvalue weighted by molar-refractivity contribution is 7.98. The molecular weight excluding hydrogens is 354 g/mol. The number of ether oxygens (including phenoxy) is 1. The maximum Gasteiger partial charge on any atom is 0.223 e. The predicted molar refractivity (Wildman–Crippen MR) is 98.6 cm³/mol. The molecule has 0 aliphatic heterocycles. The van der Waals surface area contributed by atoms with Gasteiger partial charge in [0.1, 0.15) is 17.4 Å².